The van der Waals surface area contributed by atoms with E-state index in [0.29, 0.717) is 23.2 Å². The number of nitrogens with one attached hydrogen (secondary N) is 1. The van der Waals surface area contributed by atoms with Gasteiger partial charge in [0.15, 0.2) is 11.5 Å². The average Bonchev–Trinajstić information content (AvgIpc) is 3.21. The minimum Gasteiger partial charge on any atom is -0.493 e. The molecule has 1 aliphatic heterocycles. The zero-order valence-corrected chi connectivity index (χ0v) is 17.6. The first-order valence-electron chi connectivity index (χ1n) is 9.50. The Kier molecular flexibility index (Phi) is 5.80. The number of nitrogens with zero attached hydrogens (tertiary/aromatic N) is 3. The Hall–Kier alpha value is -3.20. The van der Waals surface area contributed by atoms with Crippen molar-refractivity contribution in [1.82, 2.24) is 20.1 Å². The summed E-state index contributed by atoms with van der Waals surface area (Å²) in [4.78, 5) is 19.2. The SMILES string of the molecule is COc1cc2c(cc1OC)[C@H](c1ccccc1)N(C(=O)CSc1n[nH]c(N)n1)CC2. The second-order valence-electron chi connectivity index (χ2n) is 6.85. The van der Waals surface area contributed by atoms with E-state index in [0.717, 1.165) is 23.1 Å². The lowest BCUT2D eigenvalue weighted by Gasteiger charge is -2.38. The fourth-order valence-electron chi connectivity index (χ4n) is 3.74. The van der Waals surface area contributed by atoms with Crippen LogP contribution in [-0.4, -0.2) is 52.5 Å². The van der Waals surface area contributed by atoms with Crippen molar-refractivity contribution in [3.8, 4) is 11.5 Å². The highest BCUT2D eigenvalue weighted by Gasteiger charge is 2.33. The van der Waals surface area contributed by atoms with Gasteiger partial charge in [0.2, 0.25) is 17.0 Å². The molecule has 156 valence electrons. The van der Waals surface area contributed by atoms with Gasteiger partial charge in [-0.2, -0.15) is 4.98 Å². The number of methoxy groups -OCH3 is 2. The third kappa shape index (κ3) is 3.93. The quantitative estimate of drug-likeness (QED) is 0.585. The number of hydrogen-bond donors (Lipinski definition) is 2. The first kappa shape index (κ1) is 20.1. The molecule has 9 heteroatoms. The topological polar surface area (TPSA) is 106 Å². The molecule has 1 atom stereocenters. The number of nitrogens with two attached hydrogens (primary N) is 1. The Bertz CT molecular complexity index is 1040. The van der Waals surface area contributed by atoms with Gasteiger partial charge in [0.25, 0.3) is 0 Å². The van der Waals surface area contributed by atoms with Gasteiger partial charge >= 0.3 is 0 Å². The molecule has 0 fully saturated rings. The summed E-state index contributed by atoms with van der Waals surface area (Å²) in [5.41, 5.74) is 8.82. The van der Waals surface area contributed by atoms with Gasteiger partial charge in [-0.15, -0.1) is 5.10 Å². The standard InChI is InChI=1S/C21H23N5O3S/c1-28-16-10-14-8-9-26(18(27)12-30-21-23-20(22)24-25-21)19(13-6-4-3-5-7-13)15(14)11-17(16)29-2/h3-7,10-11,19H,8-9,12H2,1-2H3,(H3,22,23,24,25)/t19-/m0/s1. The molecule has 0 unspecified atom stereocenters. The molecule has 2 heterocycles. The molecule has 4 rings (SSSR count). The Labute approximate surface area is 178 Å². The number of H-pyrrole nitrogens is 1. The number of nitrogen functional groups attached to an aromatic ring is 1. The molecule has 1 aromatic heterocycles. The monoisotopic (exact) mass is 425 g/mol. The summed E-state index contributed by atoms with van der Waals surface area (Å²) in [5, 5.41) is 7.04. The van der Waals surface area contributed by atoms with E-state index < -0.39 is 0 Å². The fourth-order valence-corrected chi connectivity index (χ4v) is 4.43. The van der Waals surface area contributed by atoms with Crippen LogP contribution < -0.4 is 15.2 Å². The fraction of sp³-hybridized carbons (Fsp3) is 0.286. The van der Waals surface area contributed by atoms with E-state index in [9.17, 15) is 4.79 Å². The zero-order chi connectivity index (χ0) is 21.1. The van der Waals surface area contributed by atoms with Crippen LogP contribution in [0.5, 0.6) is 11.5 Å². The molecule has 8 nitrogen and oxygen atoms in total. The Morgan fingerprint density at radius 3 is 2.63 bits per heavy atom. The molecular formula is C21H23N5O3S. The number of anilines is 1. The Morgan fingerprint density at radius 2 is 1.97 bits per heavy atom. The molecule has 1 aliphatic rings. The minimum absolute atomic E-state index is 0.0117. The second-order valence-corrected chi connectivity index (χ2v) is 7.79. The summed E-state index contributed by atoms with van der Waals surface area (Å²) in [5.74, 6) is 1.82. The largest absolute Gasteiger partial charge is 0.493 e. The van der Waals surface area contributed by atoms with Crippen LogP contribution in [0.1, 0.15) is 22.7 Å². The van der Waals surface area contributed by atoms with Gasteiger partial charge in [-0.05, 0) is 35.2 Å². The van der Waals surface area contributed by atoms with Gasteiger partial charge in [0, 0.05) is 6.54 Å². The molecule has 30 heavy (non-hydrogen) atoms. The van der Waals surface area contributed by atoms with Crippen molar-refractivity contribution >= 4 is 23.6 Å². The number of benzene rings is 2. The maximum atomic E-state index is 13.2. The van der Waals surface area contributed by atoms with E-state index in [1.54, 1.807) is 14.2 Å². The molecule has 0 bridgehead atoms. The molecule has 1 amide bonds. The van der Waals surface area contributed by atoms with Crippen LogP contribution >= 0.6 is 11.8 Å². The van der Waals surface area contributed by atoms with Crippen molar-refractivity contribution in [1.29, 1.82) is 0 Å². The molecule has 0 spiro atoms. The predicted molar refractivity (Wildman–Crippen MR) is 115 cm³/mol. The van der Waals surface area contributed by atoms with Crippen molar-refractivity contribution in [2.24, 2.45) is 0 Å². The number of thioether (sulfide) groups is 1. The third-order valence-electron chi connectivity index (χ3n) is 5.12. The van der Waals surface area contributed by atoms with E-state index >= 15 is 0 Å². The lowest BCUT2D eigenvalue weighted by molar-refractivity contribution is -0.130. The maximum Gasteiger partial charge on any atom is 0.233 e. The second kappa shape index (κ2) is 8.66. The van der Waals surface area contributed by atoms with Crippen molar-refractivity contribution in [3.63, 3.8) is 0 Å². The van der Waals surface area contributed by atoms with E-state index in [1.807, 2.05) is 47.4 Å². The lowest BCUT2D eigenvalue weighted by Crippen LogP contribution is -2.41. The minimum atomic E-state index is -0.208. The molecule has 3 aromatic rings. The van der Waals surface area contributed by atoms with Crippen LogP contribution in [0, 0.1) is 0 Å². The smallest absolute Gasteiger partial charge is 0.233 e. The molecule has 3 N–H and O–H groups in total. The maximum absolute atomic E-state index is 13.2. The number of carbonyl (C=O) groups excluding carboxylic acids is 1. The normalized spacial score (nSPS) is 15.5. The number of amides is 1. The van der Waals surface area contributed by atoms with E-state index in [4.69, 9.17) is 15.2 Å². The molecule has 0 aliphatic carbocycles. The van der Waals surface area contributed by atoms with Crippen LogP contribution in [0.2, 0.25) is 0 Å². The van der Waals surface area contributed by atoms with Crippen LogP contribution in [0.25, 0.3) is 0 Å². The summed E-state index contributed by atoms with van der Waals surface area (Å²) in [6, 6.07) is 13.8. The molecule has 0 saturated heterocycles. The van der Waals surface area contributed by atoms with Gasteiger partial charge in [-0.3, -0.25) is 4.79 Å². The highest BCUT2D eigenvalue weighted by molar-refractivity contribution is 7.99. The lowest BCUT2D eigenvalue weighted by atomic mass is 9.87. The molecule has 0 radical (unpaired) electrons. The zero-order valence-electron chi connectivity index (χ0n) is 16.8. The number of rotatable bonds is 6. The number of aromatic amines is 1. The Balaban J connectivity index is 1.68. The molecule has 0 saturated carbocycles. The van der Waals surface area contributed by atoms with Crippen molar-refractivity contribution in [2.45, 2.75) is 17.6 Å². The number of ether oxygens (including phenoxy) is 2. The van der Waals surface area contributed by atoms with E-state index in [1.165, 1.54) is 11.8 Å². The van der Waals surface area contributed by atoms with Crippen LogP contribution in [-0.2, 0) is 11.2 Å². The van der Waals surface area contributed by atoms with Gasteiger partial charge in [0.05, 0.1) is 26.0 Å². The van der Waals surface area contributed by atoms with Crippen molar-refractivity contribution in [2.75, 3.05) is 32.3 Å². The first-order valence-corrected chi connectivity index (χ1v) is 10.5. The van der Waals surface area contributed by atoms with Crippen LogP contribution in [0.3, 0.4) is 0 Å². The first-order chi connectivity index (χ1) is 14.6. The highest BCUT2D eigenvalue weighted by atomic mass is 32.2. The third-order valence-corrected chi connectivity index (χ3v) is 5.95. The Morgan fingerprint density at radius 1 is 1.23 bits per heavy atom. The van der Waals surface area contributed by atoms with Gasteiger partial charge < -0.3 is 20.1 Å². The summed E-state index contributed by atoms with van der Waals surface area (Å²) in [6.45, 7) is 0.609. The van der Waals surface area contributed by atoms with Crippen LogP contribution in [0.4, 0.5) is 5.95 Å². The summed E-state index contributed by atoms with van der Waals surface area (Å²) in [7, 11) is 3.25. The van der Waals surface area contributed by atoms with Crippen molar-refractivity contribution in [3.05, 3.63) is 59.2 Å². The summed E-state index contributed by atoms with van der Waals surface area (Å²) < 4.78 is 11.0. The van der Waals surface area contributed by atoms with Crippen molar-refractivity contribution < 1.29 is 14.3 Å². The average molecular weight is 426 g/mol. The number of fused-ring (bicyclic) bond motifs is 1. The molecular weight excluding hydrogens is 402 g/mol. The number of carbonyl (C=O) groups is 1. The molecule has 2 aromatic carbocycles. The van der Waals surface area contributed by atoms with Gasteiger partial charge in [-0.25, -0.2) is 5.10 Å². The predicted octanol–water partition coefficient (Wildman–Crippen LogP) is 2.67. The summed E-state index contributed by atoms with van der Waals surface area (Å²) in [6.07, 6.45) is 0.739. The summed E-state index contributed by atoms with van der Waals surface area (Å²) >= 11 is 1.27. The van der Waals surface area contributed by atoms with Gasteiger partial charge in [-0.1, -0.05) is 42.1 Å². The number of hydrogen-bond acceptors (Lipinski definition) is 7. The van der Waals surface area contributed by atoms with E-state index in [-0.39, 0.29) is 23.7 Å². The number of aromatic nitrogens is 3. The van der Waals surface area contributed by atoms with E-state index in [2.05, 4.69) is 15.2 Å². The van der Waals surface area contributed by atoms with Crippen LogP contribution in [0.15, 0.2) is 47.6 Å². The van der Waals surface area contributed by atoms with Gasteiger partial charge in [0.1, 0.15) is 0 Å². The highest BCUT2D eigenvalue weighted by Crippen LogP contribution is 2.41.